The van der Waals surface area contributed by atoms with Gasteiger partial charge in [-0.05, 0) is 56.3 Å². The molecule has 1 aliphatic heterocycles. The summed E-state index contributed by atoms with van der Waals surface area (Å²) in [5.41, 5.74) is 6.39. The van der Waals surface area contributed by atoms with Crippen LogP contribution in [0.1, 0.15) is 12.8 Å². The topological polar surface area (TPSA) is 101 Å². The van der Waals surface area contributed by atoms with E-state index in [0.717, 1.165) is 64.1 Å². The van der Waals surface area contributed by atoms with Crippen LogP contribution < -0.4 is 4.74 Å². The normalized spacial score (nSPS) is 14.1. The predicted molar refractivity (Wildman–Crippen MR) is 148 cm³/mol. The first-order chi connectivity index (χ1) is 19.1. The number of ether oxygens (including phenoxy) is 1. The Bertz CT molecular complexity index is 1800. The van der Waals surface area contributed by atoms with Gasteiger partial charge in [0.15, 0.2) is 0 Å². The van der Waals surface area contributed by atoms with Gasteiger partial charge in [0, 0.05) is 59.5 Å². The molecule has 6 heterocycles. The fourth-order valence-electron chi connectivity index (χ4n) is 5.33. The zero-order chi connectivity index (χ0) is 26.3. The second-order valence-electron chi connectivity index (χ2n) is 9.97. The fraction of sp³-hybridized carbons (Fsp3) is 0.241. The van der Waals surface area contributed by atoms with Crippen LogP contribution in [0.5, 0.6) is 5.75 Å². The molecule has 0 amide bonds. The van der Waals surface area contributed by atoms with Crippen molar-refractivity contribution in [2.75, 3.05) is 26.2 Å². The Morgan fingerprint density at radius 3 is 2.67 bits per heavy atom. The number of fused-ring (bicyclic) bond motifs is 2. The Morgan fingerprint density at radius 2 is 1.82 bits per heavy atom. The van der Waals surface area contributed by atoms with Gasteiger partial charge in [-0.3, -0.25) is 24.6 Å². The van der Waals surface area contributed by atoms with Gasteiger partial charge in [-0.1, -0.05) is 0 Å². The molecular formula is C29H27FN8O. The quantitative estimate of drug-likeness (QED) is 0.300. The fourth-order valence-corrected chi connectivity index (χ4v) is 5.33. The zero-order valence-electron chi connectivity index (χ0n) is 21.5. The lowest BCUT2D eigenvalue weighted by Crippen LogP contribution is -2.25. The average Bonchev–Trinajstić information content (AvgIpc) is 3.74. The van der Waals surface area contributed by atoms with E-state index in [1.54, 1.807) is 23.3 Å². The minimum absolute atomic E-state index is 0.355. The Kier molecular flexibility index (Phi) is 5.81. The molecule has 0 spiro atoms. The summed E-state index contributed by atoms with van der Waals surface area (Å²) in [6.45, 7) is 3.57. The standard InChI is InChI=1S/C29H27FN8O/c1-37-17-19(15-33-37)25-13-23-27(16-32-25)35-36-29(23)26-14-22-24(34-26)4-5-31-28(22)18-10-20(30)12-21(11-18)39-9-8-38-6-2-3-7-38/h4-5,10-17,34H,2-3,6-9H2,1H3,(H,35,36). The molecule has 10 heteroatoms. The highest BCUT2D eigenvalue weighted by Gasteiger charge is 2.17. The molecule has 0 radical (unpaired) electrons. The molecule has 9 nitrogen and oxygen atoms in total. The second kappa shape index (κ2) is 9.63. The lowest BCUT2D eigenvalue weighted by molar-refractivity contribution is 0.237. The van der Waals surface area contributed by atoms with Crippen LogP contribution in [0.2, 0.25) is 0 Å². The molecule has 0 aliphatic carbocycles. The van der Waals surface area contributed by atoms with Crippen molar-refractivity contribution in [2.24, 2.45) is 7.05 Å². The maximum atomic E-state index is 14.7. The van der Waals surface area contributed by atoms with Gasteiger partial charge in [-0.15, -0.1) is 0 Å². The number of benzene rings is 1. The first-order valence-corrected chi connectivity index (χ1v) is 13.1. The summed E-state index contributed by atoms with van der Waals surface area (Å²) in [4.78, 5) is 15.0. The first-order valence-electron chi connectivity index (χ1n) is 13.1. The lowest BCUT2D eigenvalue weighted by atomic mass is 10.1. The van der Waals surface area contributed by atoms with E-state index in [2.05, 4.69) is 35.1 Å². The van der Waals surface area contributed by atoms with Crippen LogP contribution in [-0.4, -0.2) is 66.1 Å². The number of nitrogens with zero attached hydrogens (tertiary/aromatic N) is 6. The van der Waals surface area contributed by atoms with E-state index in [4.69, 9.17) is 4.74 Å². The summed E-state index contributed by atoms with van der Waals surface area (Å²) in [6.07, 6.45) is 9.69. The maximum Gasteiger partial charge on any atom is 0.127 e. The Hall–Kier alpha value is -4.57. The molecule has 1 saturated heterocycles. The third kappa shape index (κ3) is 4.52. The number of nitrogens with one attached hydrogen (secondary N) is 2. The van der Waals surface area contributed by atoms with E-state index >= 15 is 0 Å². The highest BCUT2D eigenvalue weighted by atomic mass is 19.1. The molecule has 7 rings (SSSR count). The Labute approximate surface area is 223 Å². The van der Waals surface area contributed by atoms with Gasteiger partial charge in [-0.25, -0.2) is 4.39 Å². The van der Waals surface area contributed by atoms with E-state index in [0.29, 0.717) is 23.6 Å². The van der Waals surface area contributed by atoms with Crippen molar-refractivity contribution >= 4 is 21.8 Å². The van der Waals surface area contributed by atoms with Gasteiger partial charge in [-0.2, -0.15) is 10.2 Å². The number of aromatic nitrogens is 7. The molecule has 39 heavy (non-hydrogen) atoms. The third-order valence-electron chi connectivity index (χ3n) is 7.27. The van der Waals surface area contributed by atoms with Crippen molar-refractivity contribution in [1.29, 1.82) is 0 Å². The summed E-state index contributed by atoms with van der Waals surface area (Å²) < 4.78 is 22.4. The summed E-state index contributed by atoms with van der Waals surface area (Å²) in [5.74, 6) is 0.152. The van der Waals surface area contributed by atoms with Crippen LogP contribution in [0.4, 0.5) is 4.39 Å². The van der Waals surface area contributed by atoms with Crippen molar-refractivity contribution in [1.82, 2.24) is 39.8 Å². The number of aromatic amines is 2. The van der Waals surface area contributed by atoms with Crippen molar-refractivity contribution in [2.45, 2.75) is 12.8 Å². The van der Waals surface area contributed by atoms with E-state index in [1.807, 2.05) is 37.5 Å². The number of likely N-dealkylation sites (tertiary alicyclic amines) is 1. The van der Waals surface area contributed by atoms with E-state index < -0.39 is 0 Å². The van der Waals surface area contributed by atoms with Crippen LogP contribution in [0, 0.1) is 5.82 Å². The molecule has 1 fully saturated rings. The summed E-state index contributed by atoms with van der Waals surface area (Å²) >= 11 is 0. The second-order valence-corrected chi connectivity index (χ2v) is 9.97. The van der Waals surface area contributed by atoms with E-state index in [1.165, 1.54) is 25.0 Å². The molecule has 2 N–H and O–H groups in total. The molecule has 0 unspecified atom stereocenters. The molecule has 5 aromatic heterocycles. The molecular weight excluding hydrogens is 495 g/mol. The highest BCUT2D eigenvalue weighted by molar-refractivity contribution is 6.00. The number of halogens is 1. The number of hydrogen-bond donors (Lipinski definition) is 2. The SMILES string of the molecule is Cn1cc(-c2cc3c(-c4cc5c(-c6cc(F)cc(OCCN7CCCC7)c6)nccc5[nH]4)n[nH]c3cn2)cn1. The first kappa shape index (κ1) is 23.5. The van der Waals surface area contributed by atoms with Gasteiger partial charge in [0.05, 0.1) is 35.0 Å². The number of pyridine rings is 2. The van der Waals surface area contributed by atoms with Crippen LogP contribution in [-0.2, 0) is 7.05 Å². The number of aryl methyl sites for hydroxylation is 1. The van der Waals surface area contributed by atoms with E-state index in [-0.39, 0.29) is 5.82 Å². The summed E-state index contributed by atoms with van der Waals surface area (Å²) in [6, 6.07) is 10.7. The average molecular weight is 523 g/mol. The van der Waals surface area contributed by atoms with Crippen molar-refractivity contribution in [3.63, 3.8) is 0 Å². The van der Waals surface area contributed by atoms with Crippen LogP contribution >= 0.6 is 0 Å². The van der Waals surface area contributed by atoms with Crippen molar-refractivity contribution in [3.05, 3.63) is 67.0 Å². The molecule has 0 saturated carbocycles. The molecule has 1 aliphatic rings. The van der Waals surface area contributed by atoms with Gasteiger partial charge in [0.1, 0.15) is 23.9 Å². The zero-order valence-corrected chi connectivity index (χ0v) is 21.5. The van der Waals surface area contributed by atoms with Crippen LogP contribution in [0.25, 0.3) is 55.7 Å². The summed E-state index contributed by atoms with van der Waals surface area (Å²) in [7, 11) is 1.88. The largest absolute Gasteiger partial charge is 0.492 e. The lowest BCUT2D eigenvalue weighted by Gasteiger charge is -2.15. The summed E-state index contributed by atoms with van der Waals surface area (Å²) in [5, 5.41) is 13.7. The van der Waals surface area contributed by atoms with E-state index in [9.17, 15) is 4.39 Å². The molecule has 0 atom stereocenters. The molecule has 0 bridgehead atoms. The predicted octanol–water partition coefficient (Wildman–Crippen LogP) is 5.18. The van der Waals surface area contributed by atoms with Gasteiger partial charge in [0.2, 0.25) is 0 Å². The molecule has 196 valence electrons. The minimum Gasteiger partial charge on any atom is -0.492 e. The number of hydrogen-bond acceptors (Lipinski definition) is 6. The van der Waals surface area contributed by atoms with Gasteiger partial charge < -0.3 is 9.72 Å². The van der Waals surface area contributed by atoms with Gasteiger partial charge >= 0.3 is 0 Å². The molecule has 6 aromatic rings. The Morgan fingerprint density at radius 1 is 0.949 bits per heavy atom. The smallest absolute Gasteiger partial charge is 0.127 e. The van der Waals surface area contributed by atoms with Gasteiger partial charge in [0.25, 0.3) is 0 Å². The number of rotatable bonds is 7. The van der Waals surface area contributed by atoms with Crippen LogP contribution in [0.15, 0.2) is 61.2 Å². The Balaban J connectivity index is 1.23. The van der Waals surface area contributed by atoms with Crippen molar-refractivity contribution < 1.29 is 9.13 Å². The monoisotopic (exact) mass is 522 g/mol. The van der Waals surface area contributed by atoms with Crippen molar-refractivity contribution in [3.8, 4) is 39.7 Å². The third-order valence-corrected chi connectivity index (χ3v) is 7.27. The van der Waals surface area contributed by atoms with Crippen LogP contribution in [0.3, 0.4) is 0 Å². The number of H-pyrrole nitrogens is 2. The highest BCUT2D eigenvalue weighted by Crippen LogP contribution is 2.35. The molecule has 1 aromatic carbocycles. The minimum atomic E-state index is -0.355. The maximum absolute atomic E-state index is 14.7.